The lowest BCUT2D eigenvalue weighted by molar-refractivity contribution is -0.129. The second kappa shape index (κ2) is 7.82. The molecule has 100 valence electrons. The summed E-state index contributed by atoms with van der Waals surface area (Å²) in [6, 6.07) is 0.365. The predicted molar refractivity (Wildman–Crippen MR) is 71.4 cm³/mol. The molecule has 4 nitrogen and oxygen atoms in total. The van der Waals surface area contributed by atoms with Crippen molar-refractivity contribution in [3.05, 3.63) is 0 Å². The Labute approximate surface area is 107 Å². The molecule has 0 aromatic heterocycles. The van der Waals surface area contributed by atoms with Crippen molar-refractivity contribution in [3.8, 4) is 0 Å². The van der Waals surface area contributed by atoms with E-state index in [2.05, 4.69) is 12.2 Å². The maximum absolute atomic E-state index is 11.8. The number of nitrogens with one attached hydrogen (secondary N) is 1. The lowest BCUT2D eigenvalue weighted by atomic mass is 10.1. The third-order valence-corrected chi connectivity index (χ3v) is 4.52. The van der Waals surface area contributed by atoms with E-state index in [0.717, 1.165) is 32.4 Å². The molecule has 0 spiro atoms. The average molecular weight is 260 g/mol. The molecule has 1 heterocycles. The molecular weight excluding hydrogens is 236 g/mol. The van der Waals surface area contributed by atoms with E-state index in [0.29, 0.717) is 11.8 Å². The number of nitrogens with zero attached hydrogens (tertiary/aromatic N) is 1. The molecule has 1 aliphatic rings. The number of carbonyl (C=O) groups is 1. The normalized spacial score (nSPS) is 20.0. The Morgan fingerprint density at radius 1 is 1.35 bits per heavy atom. The first-order chi connectivity index (χ1) is 8.13. The molecule has 17 heavy (non-hydrogen) atoms. The second-order valence-corrected chi connectivity index (χ2v) is 6.28. The van der Waals surface area contributed by atoms with Crippen LogP contribution in [-0.2, 0) is 15.6 Å². The molecule has 1 amide bonds. The van der Waals surface area contributed by atoms with E-state index in [1.54, 1.807) is 0 Å². The highest BCUT2D eigenvalue weighted by molar-refractivity contribution is 7.85. The quantitative estimate of drug-likeness (QED) is 0.766. The zero-order chi connectivity index (χ0) is 12.7. The van der Waals surface area contributed by atoms with Crippen molar-refractivity contribution < 1.29 is 9.00 Å². The topological polar surface area (TPSA) is 49.4 Å². The zero-order valence-corrected chi connectivity index (χ0v) is 11.7. The summed E-state index contributed by atoms with van der Waals surface area (Å²) in [5, 5.41) is 3.11. The SMILES string of the molecule is CNC(C)CCS(=O)CC(=O)N1CCCCC1. The van der Waals surface area contributed by atoms with Gasteiger partial charge in [-0.1, -0.05) is 0 Å². The van der Waals surface area contributed by atoms with Crippen LogP contribution in [0.2, 0.25) is 0 Å². The third kappa shape index (κ3) is 5.64. The highest BCUT2D eigenvalue weighted by Crippen LogP contribution is 2.09. The van der Waals surface area contributed by atoms with Gasteiger partial charge in [-0.15, -0.1) is 0 Å². The Hall–Kier alpha value is -0.420. The van der Waals surface area contributed by atoms with Crippen molar-refractivity contribution in [2.24, 2.45) is 0 Å². The number of amides is 1. The fourth-order valence-corrected chi connectivity index (χ4v) is 3.12. The van der Waals surface area contributed by atoms with Crippen LogP contribution in [0.1, 0.15) is 32.6 Å². The summed E-state index contributed by atoms with van der Waals surface area (Å²) in [7, 11) is 0.890. The lowest BCUT2D eigenvalue weighted by Crippen LogP contribution is -2.38. The van der Waals surface area contributed by atoms with Gasteiger partial charge in [0.15, 0.2) is 0 Å². The van der Waals surface area contributed by atoms with Crippen molar-refractivity contribution in [1.82, 2.24) is 10.2 Å². The van der Waals surface area contributed by atoms with Gasteiger partial charge in [-0.05, 0) is 39.7 Å². The first kappa shape index (κ1) is 14.6. The first-order valence-electron chi connectivity index (χ1n) is 6.43. The minimum absolute atomic E-state index is 0.0696. The van der Waals surface area contributed by atoms with Crippen LogP contribution in [0.15, 0.2) is 0 Å². The Morgan fingerprint density at radius 3 is 2.59 bits per heavy atom. The van der Waals surface area contributed by atoms with E-state index >= 15 is 0 Å². The Balaban J connectivity index is 2.22. The Morgan fingerprint density at radius 2 is 2.00 bits per heavy atom. The maximum Gasteiger partial charge on any atom is 0.235 e. The second-order valence-electron chi connectivity index (χ2n) is 4.71. The van der Waals surface area contributed by atoms with Crippen LogP contribution in [0.5, 0.6) is 0 Å². The van der Waals surface area contributed by atoms with Gasteiger partial charge in [0.2, 0.25) is 5.91 Å². The van der Waals surface area contributed by atoms with Gasteiger partial charge in [-0.3, -0.25) is 9.00 Å². The lowest BCUT2D eigenvalue weighted by Gasteiger charge is -2.26. The Bertz CT molecular complexity index is 265. The highest BCUT2D eigenvalue weighted by atomic mass is 32.2. The molecule has 5 heteroatoms. The van der Waals surface area contributed by atoms with Crippen molar-refractivity contribution in [2.45, 2.75) is 38.6 Å². The molecule has 1 fully saturated rings. The van der Waals surface area contributed by atoms with E-state index in [4.69, 9.17) is 0 Å². The number of likely N-dealkylation sites (tertiary alicyclic amines) is 1. The monoisotopic (exact) mass is 260 g/mol. The van der Waals surface area contributed by atoms with E-state index < -0.39 is 10.8 Å². The molecule has 0 aromatic rings. The summed E-state index contributed by atoms with van der Waals surface area (Å²) in [6.45, 7) is 3.76. The van der Waals surface area contributed by atoms with Crippen molar-refractivity contribution >= 4 is 16.7 Å². The first-order valence-corrected chi connectivity index (χ1v) is 7.92. The number of hydrogen-bond acceptors (Lipinski definition) is 3. The Kier molecular flexibility index (Phi) is 6.73. The zero-order valence-electron chi connectivity index (χ0n) is 10.9. The number of carbonyl (C=O) groups excluding carboxylic acids is 1. The van der Waals surface area contributed by atoms with Gasteiger partial charge in [0.1, 0.15) is 5.75 Å². The molecule has 1 aliphatic heterocycles. The van der Waals surface area contributed by atoms with Gasteiger partial charge in [0, 0.05) is 35.7 Å². The van der Waals surface area contributed by atoms with Crippen LogP contribution in [-0.4, -0.2) is 52.7 Å². The van der Waals surface area contributed by atoms with Crippen LogP contribution in [0, 0.1) is 0 Å². The van der Waals surface area contributed by atoms with Gasteiger partial charge in [0.25, 0.3) is 0 Å². The largest absolute Gasteiger partial charge is 0.342 e. The van der Waals surface area contributed by atoms with Crippen LogP contribution < -0.4 is 5.32 Å². The summed E-state index contributed by atoms with van der Waals surface area (Å²) in [5.41, 5.74) is 0. The number of rotatable bonds is 6. The fraction of sp³-hybridized carbons (Fsp3) is 0.917. The van der Waals surface area contributed by atoms with Crippen molar-refractivity contribution in [1.29, 1.82) is 0 Å². The molecule has 0 aliphatic carbocycles. The predicted octanol–water partition coefficient (Wildman–Crippen LogP) is 0.746. The molecule has 0 radical (unpaired) electrons. The molecule has 2 unspecified atom stereocenters. The molecule has 0 saturated carbocycles. The maximum atomic E-state index is 11.8. The molecule has 0 aromatic carbocycles. The molecule has 1 rings (SSSR count). The summed E-state index contributed by atoms with van der Waals surface area (Å²) in [5.74, 6) is 0.887. The highest BCUT2D eigenvalue weighted by Gasteiger charge is 2.18. The van der Waals surface area contributed by atoms with Crippen LogP contribution in [0.3, 0.4) is 0 Å². The number of piperidine rings is 1. The van der Waals surface area contributed by atoms with Gasteiger partial charge in [-0.25, -0.2) is 0 Å². The number of hydrogen-bond donors (Lipinski definition) is 1. The average Bonchev–Trinajstić information content (AvgIpc) is 2.36. The van der Waals surface area contributed by atoms with Crippen molar-refractivity contribution in [2.75, 3.05) is 31.6 Å². The fourth-order valence-electron chi connectivity index (χ4n) is 1.90. The standard InChI is InChI=1S/C12H24N2O2S/c1-11(13-2)6-9-17(16)10-12(15)14-7-4-3-5-8-14/h11,13H,3-10H2,1-2H3. The molecular formula is C12H24N2O2S. The van der Waals surface area contributed by atoms with Gasteiger partial charge in [0.05, 0.1) is 0 Å². The summed E-state index contributed by atoms with van der Waals surface area (Å²) >= 11 is 0. The minimum Gasteiger partial charge on any atom is -0.342 e. The van der Waals surface area contributed by atoms with Crippen LogP contribution >= 0.6 is 0 Å². The van der Waals surface area contributed by atoms with Gasteiger partial charge < -0.3 is 10.2 Å². The van der Waals surface area contributed by atoms with E-state index in [9.17, 15) is 9.00 Å². The minimum atomic E-state index is -1.01. The smallest absolute Gasteiger partial charge is 0.235 e. The van der Waals surface area contributed by atoms with Crippen LogP contribution in [0.4, 0.5) is 0 Å². The van der Waals surface area contributed by atoms with Gasteiger partial charge in [-0.2, -0.15) is 0 Å². The van der Waals surface area contributed by atoms with Crippen LogP contribution in [0.25, 0.3) is 0 Å². The van der Waals surface area contributed by atoms with Gasteiger partial charge >= 0.3 is 0 Å². The molecule has 1 N–H and O–H groups in total. The summed E-state index contributed by atoms with van der Waals surface area (Å²) in [4.78, 5) is 13.7. The third-order valence-electron chi connectivity index (χ3n) is 3.26. The molecule has 0 bridgehead atoms. The van der Waals surface area contributed by atoms with E-state index in [1.165, 1.54) is 6.42 Å². The summed E-state index contributed by atoms with van der Waals surface area (Å²) < 4.78 is 11.8. The molecule has 1 saturated heterocycles. The molecule has 2 atom stereocenters. The summed E-state index contributed by atoms with van der Waals surface area (Å²) in [6.07, 6.45) is 4.26. The van der Waals surface area contributed by atoms with E-state index in [-0.39, 0.29) is 11.7 Å². The van der Waals surface area contributed by atoms with E-state index in [1.807, 2.05) is 11.9 Å². The van der Waals surface area contributed by atoms with Crippen molar-refractivity contribution in [3.63, 3.8) is 0 Å².